The molecule has 0 radical (unpaired) electrons. The Morgan fingerprint density at radius 2 is 2.00 bits per heavy atom. The number of nitrogens with zero attached hydrogens (tertiary/aromatic N) is 1. The van der Waals surface area contributed by atoms with Gasteiger partial charge in [-0.3, -0.25) is 4.79 Å². The lowest BCUT2D eigenvalue weighted by Crippen LogP contribution is -2.48. The molecule has 1 aromatic rings. The van der Waals surface area contributed by atoms with E-state index in [1.54, 1.807) is 0 Å². The Balaban J connectivity index is 0.00000161. The van der Waals surface area contributed by atoms with Crippen molar-refractivity contribution in [2.45, 2.75) is 38.6 Å². The molecule has 1 aliphatic heterocycles. The second-order valence-corrected chi connectivity index (χ2v) is 6.05. The first-order chi connectivity index (χ1) is 9.78. The van der Waals surface area contributed by atoms with Crippen LogP contribution in [0.25, 0.3) is 0 Å². The maximum Gasteiger partial charge on any atom is 0.223 e. The number of carbonyl (C=O) groups excluding carboxylic acids is 1. The van der Waals surface area contributed by atoms with Crippen molar-refractivity contribution in [1.82, 2.24) is 10.2 Å². The van der Waals surface area contributed by atoms with Gasteiger partial charge in [-0.2, -0.15) is 0 Å². The molecule has 21 heavy (non-hydrogen) atoms. The normalized spacial score (nSPS) is 21.8. The molecule has 1 N–H and O–H groups in total. The summed E-state index contributed by atoms with van der Waals surface area (Å²) in [4.78, 5) is 14.5. The van der Waals surface area contributed by atoms with Gasteiger partial charge in [0, 0.05) is 26.1 Å². The van der Waals surface area contributed by atoms with Crippen molar-refractivity contribution in [2.24, 2.45) is 5.92 Å². The first-order valence-corrected chi connectivity index (χ1v) is 7.87. The standard InChI is InChI=1S/C17H24N2O.ClH/c1-2-13-5-7-15(8-6-13)16-12-18-9-10-19(16)17(20)11-14-3-4-14;/h5-8,14,16,18H,2-4,9-12H2,1H3;1H. The number of nitrogens with one attached hydrogen (secondary N) is 1. The Labute approximate surface area is 133 Å². The SMILES string of the molecule is CCc1ccc(C2CNCCN2C(=O)CC2CC2)cc1.Cl. The third-order valence-corrected chi connectivity index (χ3v) is 4.50. The molecule has 116 valence electrons. The van der Waals surface area contributed by atoms with Crippen molar-refractivity contribution in [3.63, 3.8) is 0 Å². The fourth-order valence-corrected chi connectivity index (χ4v) is 2.96. The Hall–Kier alpha value is -1.06. The van der Waals surface area contributed by atoms with Crippen molar-refractivity contribution in [3.05, 3.63) is 35.4 Å². The summed E-state index contributed by atoms with van der Waals surface area (Å²) in [5.41, 5.74) is 2.62. The molecule has 0 bridgehead atoms. The number of carbonyl (C=O) groups is 1. The highest BCUT2D eigenvalue weighted by Crippen LogP contribution is 2.34. The van der Waals surface area contributed by atoms with Crippen LogP contribution in [-0.2, 0) is 11.2 Å². The minimum atomic E-state index is 0. The van der Waals surface area contributed by atoms with Crippen LogP contribution in [-0.4, -0.2) is 30.4 Å². The van der Waals surface area contributed by atoms with Gasteiger partial charge in [0.2, 0.25) is 5.91 Å². The summed E-state index contributed by atoms with van der Waals surface area (Å²) in [6.45, 7) is 4.80. The highest BCUT2D eigenvalue weighted by Gasteiger charge is 2.32. The molecule has 1 atom stereocenters. The topological polar surface area (TPSA) is 32.3 Å². The van der Waals surface area contributed by atoms with Gasteiger partial charge in [0.1, 0.15) is 0 Å². The second kappa shape index (κ2) is 7.28. The van der Waals surface area contributed by atoms with Crippen LogP contribution in [0, 0.1) is 5.92 Å². The summed E-state index contributed by atoms with van der Waals surface area (Å²) < 4.78 is 0. The van der Waals surface area contributed by atoms with Gasteiger partial charge in [0.15, 0.2) is 0 Å². The smallest absolute Gasteiger partial charge is 0.223 e. The van der Waals surface area contributed by atoms with E-state index in [1.165, 1.54) is 24.0 Å². The molecule has 1 unspecified atom stereocenters. The summed E-state index contributed by atoms with van der Waals surface area (Å²) >= 11 is 0. The average Bonchev–Trinajstić information content (AvgIpc) is 3.31. The van der Waals surface area contributed by atoms with Gasteiger partial charge in [-0.1, -0.05) is 31.2 Å². The molecule has 1 heterocycles. The summed E-state index contributed by atoms with van der Waals surface area (Å²) in [6.07, 6.45) is 4.30. The van der Waals surface area contributed by atoms with Crippen LogP contribution in [0.2, 0.25) is 0 Å². The van der Waals surface area contributed by atoms with Gasteiger partial charge in [-0.05, 0) is 36.3 Å². The van der Waals surface area contributed by atoms with Crippen molar-refractivity contribution < 1.29 is 4.79 Å². The molecule has 1 aliphatic carbocycles. The number of aryl methyl sites for hydroxylation is 1. The molecule has 4 heteroatoms. The molecule has 1 aromatic carbocycles. The monoisotopic (exact) mass is 308 g/mol. The number of benzene rings is 1. The largest absolute Gasteiger partial charge is 0.333 e. The third kappa shape index (κ3) is 3.98. The molecule has 2 aliphatic rings. The van der Waals surface area contributed by atoms with Crippen molar-refractivity contribution in [2.75, 3.05) is 19.6 Å². The molecule has 0 spiro atoms. The summed E-state index contributed by atoms with van der Waals surface area (Å²) in [6, 6.07) is 8.96. The first-order valence-electron chi connectivity index (χ1n) is 7.87. The van der Waals surface area contributed by atoms with Crippen molar-refractivity contribution in [3.8, 4) is 0 Å². The van der Waals surface area contributed by atoms with Gasteiger partial charge in [-0.25, -0.2) is 0 Å². The van der Waals surface area contributed by atoms with E-state index in [0.717, 1.165) is 32.5 Å². The number of amides is 1. The maximum atomic E-state index is 12.5. The Bertz CT molecular complexity index is 470. The molecule has 3 rings (SSSR count). The van der Waals surface area contributed by atoms with E-state index in [-0.39, 0.29) is 18.4 Å². The second-order valence-electron chi connectivity index (χ2n) is 6.05. The highest BCUT2D eigenvalue weighted by molar-refractivity contribution is 5.85. The average molecular weight is 309 g/mol. The molecular formula is C17H25ClN2O. The van der Waals surface area contributed by atoms with Crippen LogP contribution in [0.15, 0.2) is 24.3 Å². The molecular weight excluding hydrogens is 284 g/mol. The van der Waals surface area contributed by atoms with E-state index < -0.39 is 0 Å². The number of halogens is 1. The van der Waals surface area contributed by atoms with E-state index in [0.29, 0.717) is 11.8 Å². The Morgan fingerprint density at radius 3 is 2.62 bits per heavy atom. The lowest BCUT2D eigenvalue weighted by Gasteiger charge is -2.36. The minimum absolute atomic E-state index is 0. The van der Waals surface area contributed by atoms with Crippen LogP contribution in [0.4, 0.5) is 0 Å². The molecule has 1 saturated carbocycles. The lowest BCUT2D eigenvalue weighted by molar-refractivity contribution is -0.134. The Morgan fingerprint density at radius 1 is 1.29 bits per heavy atom. The third-order valence-electron chi connectivity index (χ3n) is 4.50. The van der Waals surface area contributed by atoms with Crippen molar-refractivity contribution in [1.29, 1.82) is 0 Å². The maximum absolute atomic E-state index is 12.5. The molecule has 0 aromatic heterocycles. The number of piperazine rings is 1. The van der Waals surface area contributed by atoms with Gasteiger partial charge < -0.3 is 10.2 Å². The summed E-state index contributed by atoms with van der Waals surface area (Å²) in [5.74, 6) is 1.01. The fraction of sp³-hybridized carbons (Fsp3) is 0.588. The number of hydrogen-bond acceptors (Lipinski definition) is 2. The molecule has 2 fully saturated rings. The van der Waals surface area contributed by atoms with Crippen LogP contribution >= 0.6 is 12.4 Å². The molecule has 1 saturated heterocycles. The van der Waals surface area contributed by atoms with E-state index in [9.17, 15) is 4.79 Å². The zero-order chi connectivity index (χ0) is 13.9. The Kier molecular flexibility index (Phi) is 5.65. The van der Waals surface area contributed by atoms with Gasteiger partial charge in [0.05, 0.1) is 6.04 Å². The zero-order valence-electron chi connectivity index (χ0n) is 12.7. The number of hydrogen-bond donors (Lipinski definition) is 1. The number of rotatable bonds is 4. The fourth-order valence-electron chi connectivity index (χ4n) is 2.96. The summed E-state index contributed by atoms with van der Waals surface area (Å²) in [7, 11) is 0. The highest BCUT2D eigenvalue weighted by atomic mass is 35.5. The van der Waals surface area contributed by atoms with E-state index >= 15 is 0 Å². The minimum Gasteiger partial charge on any atom is -0.333 e. The summed E-state index contributed by atoms with van der Waals surface area (Å²) in [5, 5.41) is 3.42. The van der Waals surface area contributed by atoms with E-state index in [2.05, 4.69) is 41.4 Å². The van der Waals surface area contributed by atoms with E-state index in [4.69, 9.17) is 0 Å². The predicted molar refractivity (Wildman–Crippen MR) is 87.7 cm³/mol. The first kappa shape index (κ1) is 16.3. The molecule has 1 amide bonds. The van der Waals surface area contributed by atoms with Crippen LogP contribution < -0.4 is 5.32 Å². The van der Waals surface area contributed by atoms with E-state index in [1.807, 2.05) is 0 Å². The van der Waals surface area contributed by atoms with Gasteiger partial charge in [-0.15, -0.1) is 12.4 Å². The molecule has 3 nitrogen and oxygen atoms in total. The van der Waals surface area contributed by atoms with Crippen LogP contribution in [0.1, 0.15) is 43.4 Å². The zero-order valence-corrected chi connectivity index (χ0v) is 13.5. The van der Waals surface area contributed by atoms with Crippen molar-refractivity contribution >= 4 is 18.3 Å². The quantitative estimate of drug-likeness (QED) is 0.927. The van der Waals surface area contributed by atoms with Crippen LogP contribution in [0.3, 0.4) is 0 Å². The van der Waals surface area contributed by atoms with Gasteiger partial charge in [0.25, 0.3) is 0 Å². The predicted octanol–water partition coefficient (Wildman–Crippen LogP) is 2.94. The van der Waals surface area contributed by atoms with Gasteiger partial charge >= 0.3 is 0 Å². The lowest BCUT2D eigenvalue weighted by atomic mass is 10.0. The van der Waals surface area contributed by atoms with Crippen LogP contribution in [0.5, 0.6) is 0 Å².